The van der Waals surface area contributed by atoms with Crippen molar-refractivity contribution in [3.63, 3.8) is 0 Å². The fourth-order valence-corrected chi connectivity index (χ4v) is 7.24. The lowest BCUT2D eigenvalue weighted by molar-refractivity contribution is -0.146. The van der Waals surface area contributed by atoms with E-state index in [1.165, 1.54) is 18.2 Å². The van der Waals surface area contributed by atoms with Gasteiger partial charge in [-0.3, -0.25) is 4.79 Å². The highest BCUT2D eigenvalue weighted by Crippen LogP contribution is 2.59. The highest BCUT2D eigenvalue weighted by atomic mass is 32.1. The molecule has 2 fully saturated rings. The number of thiazole rings is 1. The van der Waals surface area contributed by atoms with Crippen LogP contribution in [0.15, 0.2) is 35.7 Å². The van der Waals surface area contributed by atoms with Crippen LogP contribution in [0.4, 0.5) is 9.93 Å². The molecular weight excluding hydrogens is 550 g/mol. The van der Waals surface area contributed by atoms with E-state index in [1.54, 1.807) is 16.2 Å². The molecule has 2 aliphatic heterocycles. The highest BCUT2D eigenvalue weighted by molar-refractivity contribution is 7.14. The smallest absolute Gasteiger partial charge is 0.410 e. The number of ether oxygens (including phenoxy) is 3. The van der Waals surface area contributed by atoms with Gasteiger partial charge in [-0.05, 0) is 87.3 Å². The Hall–Kier alpha value is -3.59. The van der Waals surface area contributed by atoms with E-state index in [9.17, 15) is 9.59 Å². The Bertz CT molecular complexity index is 1540. The van der Waals surface area contributed by atoms with Crippen LogP contribution in [0, 0.1) is 25.2 Å². The molecule has 2 aromatic carbocycles. The van der Waals surface area contributed by atoms with E-state index in [2.05, 4.69) is 48.4 Å². The molecule has 6 rings (SSSR count). The van der Waals surface area contributed by atoms with Gasteiger partial charge in [-0.2, -0.15) is 0 Å². The second-order valence-corrected chi connectivity index (χ2v) is 13.7. The number of aromatic nitrogens is 1. The van der Waals surface area contributed by atoms with Gasteiger partial charge in [-0.15, -0.1) is 11.3 Å². The van der Waals surface area contributed by atoms with Gasteiger partial charge in [0, 0.05) is 37.1 Å². The predicted molar refractivity (Wildman–Crippen MR) is 163 cm³/mol. The van der Waals surface area contributed by atoms with Crippen molar-refractivity contribution in [1.82, 2.24) is 9.88 Å². The van der Waals surface area contributed by atoms with Crippen LogP contribution in [0.2, 0.25) is 0 Å². The molecule has 1 aliphatic carbocycles. The lowest BCUT2D eigenvalue weighted by Gasteiger charge is -2.32. The highest BCUT2D eigenvalue weighted by Gasteiger charge is 2.66. The van der Waals surface area contributed by atoms with E-state index in [0.717, 1.165) is 58.2 Å². The minimum absolute atomic E-state index is 0.0982. The molecule has 1 saturated carbocycles. The molecule has 2 atom stereocenters. The standard InChI is InChI=1S/C33H39N3O5S/c1-20-8-7-9-26(27-18-42-30(34-27)36-16-24-14-33(24,19-36)29(37)39-6)28(20)40-17-23-11-10-22-15-35(13-12-25(22)21(23)2)31(38)41-32(3,4)5/h7-11,18,24H,12-17,19H2,1-6H3/t24-,33-/m0/s1. The number of methoxy groups -OCH3 is 1. The Morgan fingerprint density at radius 2 is 1.98 bits per heavy atom. The third kappa shape index (κ3) is 5.23. The van der Waals surface area contributed by atoms with Gasteiger partial charge in [0.25, 0.3) is 0 Å². The summed E-state index contributed by atoms with van der Waals surface area (Å²) in [5.74, 6) is 1.09. The average molecular weight is 590 g/mol. The number of nitrogens with zero attached hydrogens (tertiary/aromatic N) is 3. The molecular formula is C33H39N3O5S. The van der Waals surface area contributed by atoms with E-state index < -0.39 is 5.60 Å². The van der Waals surface area contributed by atoms with Crippen LogP contribution in [0.5, 0.6) is 5.75 Å². The molecule has 0 spiro atoms. The third-order valence-electron chi connectivity index (χ3n) is 8.81. The normalized spacial score (nSPS) is 21.0. The first kappa shape index (κ1) is 28.5. The number of piperidine rings is 1. The summed E-state index contributed by atoms with van der Waals surface area (Å²) in [5.41, 5.74) is 6.85. The summed E-state index contributed by atoms with van der Waals surface area (Å²) in [6.07, 6.45) is 1.44. The Labute approximate surface area is 251 Å². The van der Waals surface area contributed by atoms with Crippen molar-refractivity contribution >= 4 is 28.5 Å². The maximum atomic E-state index is 12.6. The summed E-state index contributed by atoms with van der Waals surface area (Å²) < 4.78 is 17.2. The van der Waals surface area contributed by atoms with Gasteiger partial charge >= 0.3 is 12.1 Å². The van der Waals surface area contributed by atoms with Crippen molar-refractivity contribution in [3.8, 4) is 17.0 Å². The number of hydrogen-bond donors (Lipinski definition) is 0. The Kier molecular flexibility index (Phi) is 7.20. The second kappa shape index (κ2) is 10.6. The van der Waals surface area contributed by atoms with Crippen LogP contribution in [0.25, 0.3) is 11.3 Å². The van der Waals surface area contributed by atoms with Gasteiger partial charge in [0.2, 0.25) is 0 Å². The van der Waals surface area contributed by atoms with Gasteiger partial charge in [-0.1, -0.05) is 24.3 Å². The number of esters is 1. The van der Waals surface area contributed by atoms with Gasteiger partial charge in [-0.25, -0.2) is 9.78 Å². The van der Waals surface area contributed by atoms with Crippen LogP contribution in [-0.4, -0.2) is 54.3 Å². The largest absolute Gasteiger partial charge is 0.488 e. The van der Waals surface area contributed by atoms with E-state index in [4.69, 9.17) is 19.2 Å². The molecule has 3 heterocycles. The maximum absolute atomic E-state index is 12.6. The van der Waals surface area contributed by atoms with Crippen molar-refractivity contribution in [2.24, 2.45) is 11.3 Å². The number of rotatable bonds is 6. The fourth-order valence-electron chi connectivity index (χ4n) is 6.41. The Morgan fingerprint density at radius 3 is 2.74 bits per heavy atom. The second-order valence-electron chi connectivity index (χ2n) is 12.8. The SMILES string of the molecule is COC(=O)[C@]12C[C@H]1CN(c1nc(-c3cccc(C)c3OCc3ccc4c(c3C)CCN(C(=O)OC(C)(C)C)C4)cs1)C2. The number of carbonyl (C=O) groups excluding carboxylic acids is 2. The van der Waals surface area contributed by atoms with Crippen molar-refractivity contribution < 1.29 is 23.8 Å². The lowest BCUT2D eigenvalue weighted by atomic mass is 9.92. The fraction of sp³-hybridized carbons (Fsp3) is 0.485. The monoisotopic (exact) mass is 589 g/mol. The van der Waals surface area contributed by atoms with Crippen molar-refractivity contribution in [1.29, 1.82) is 0 Å². The van der Waals surface area contributed by atoms with Gasteiger partial charge in [0.15, 0.2) is 5.13 Å². The number of fused-ring (bicyclic) bond motifs is 2. The number of benzene rings is 2. The van der Waals surface area contributed by atoms with Gasteiger partial charge in [0.1, 0.15) is 18.0 Å². The van der Waals surface area contributed by atoms with Gasteiger partial charge < -0.3 is 24.0 Å². The summed E-state index contributed by atoms with van der Waals surface area (Å²) in [6, 6.07) is 10.4. The van der Waals surface area contributed by atoms with E-state index in [-0.39, 0.29) is 17.5 Å². The molecule has 3 aromatic rings. The number of aryl methyl sites for hydroxylation is 1. The van der Waals surface area contributed by atoms with Crippen LogP contribution < -0.4 is 9.64 Å². The van der Waals surface area contributed by atoms with Crippen molar-refractivity contribution in [3.05, 3.63) is 63.5 Å². The predicted octanol–water partition coefficient (Wildman–Crippen LogP) is 6.30. The quantitative estimate of drug-likeness (QED) is 0.312. The average Bonchev–Trinajstić information content (AvgIpc) is 3.27. The third-order valence-corrected chi connectivity index (χ3v) is 9.71. The molecule has 0 unspecified atom stereocenters. The Morgan fingerprint density at radius 1 is 1.17 bits per heavy atom. The molecule has 1 saturated heterocycles. The molecule has 42 heavy (non-hydrogen) atoms. The zero-order valence-electron chi connectivity index (χ0n) is 25.3. The molecule has 222 valence electrons. The maximum Gasteiger partial charge on any atom is 0.410 e. The molecule has 0 bridgehead atoms. The molecule has 9 heteroatoms. The molecule has 3 aliphatic rings. The first-order valence-electron chi connectivity index (χ1n) is 14.6. The molecule has 0 N–H and O–H groups in total. The van der Waals surface area contributed by atoms with E-state index >= 15 is 0 Å². The molecule has 0 radical (unpaired) electrons. The summed E-state index contributed by atoms with van der Waals surface area (Å²) in [7, 11) is 1.47. The summed E-state index contributed by atoms with van der Waals surface area (Å²) >= 11 is 1.60. The molecule has 1 aromatic heterocycles. The van der Waals surface area contributed by atoms with Crippen molar-refractivity contribution in [2.45, 2.75) is 66.2 Å². The van der Waals surface area contributed by atoms with Crippen LogP contribution in [0.3, 0.4) is 0 Å². The lowest BCUT2D eigenvalue weighted by Crippen LogP contribution is -2.40. The molecule has 8 nitrogen and oxygen atoms in total. The number of carbonyl (C=O) groups is 2. The minimum Gasteiger partial charge on any atom is -0.488 e. The molecule has 1 amide bonds. The number of amides is 1. The Balaban J connectivity index is 1.16. The van der Waals surface area contributed by atoms with E-state index in [1.807, 2.05) is 26.8 Å². The van der Waals surface area contributed by atoms with E-state index in [0.29, 0.717) is 32.2 Å². The van der Waals surface area contributed by atoms with Crippen LogP contribution in [0.1, 0.15) is 55.0 Å². The van der Waals surface area contributed by atoms with Gasteiger partial charge in [0.05, 0.1) is 18.2 Å². The number of hydrogen-bond acceptors (Lipinski definition) is 8. The zero-order valence-corrected chi connectivity index (χ0v) is 26.1. The first-order chi connectivity index (χ1) is 20.0. The van der Waals surface area contributed by atoms with Crippen LogP contribution >= 0.6 is 11.3 Å². The minimum atomic E-state index is -0.509. The zero-order chi connectivity index (χ0) is 29.8. The number of para-hydroxylation sites is 1. The summed E-state index contributed by atoms with van der Waals surface area (Å²) in [4.78, 5) is 33.9. The topological polar surface area (TPSA) is 81.2 Å². The first-order valence-corrected chi connectivity index (χ1v) is 15.5. The van der Waals surface area contributed by atoms with Crippen molar-refractivity contribution in [2.75, 3.05) is 31.6 Å². The van der Waals surface area contributed by atoms with Crippen LogP contribution in [-0.2, 0) is 33.8 Å². The number of anilines is 1. The summed E-state index contributed by atoms with van der Waals surface area (Å²) in [6.45, 7) is 13.0. The summed E-state index contributed by atoms with van der Waals surface area (Å²) in [5, 5.41) is 3.01.